The fraction of sp³-hybridized carbons (Fsp3) is 0.588. The van der Waals surface area contributed by atoms with Crippen LogP contribution in [0, 0.1) is 5.41 Å². The number of carbonyl (C=O) groups excluding carboxylic acids is 1. The average Bonchev–Trinajstić information content (AvgIpc) is 2.53. The Kier molecular flexibility index (Phi) is 7.52. The predicted molar refractivity (Wildman–Crippen MR) is 90.0 cm³/mol. The van der Waals surface area contributed by atoms with Gasteiger partial charge in [-0.25, -0.2) is 0 Å². The van der Waals surface area contributed by atoms with E-state index in [0.29, 0.717) is 25.5 Å². The lowest BCUT2D eigenvalue weighted by Crippen LogP contribution is -2.39. The first-order valence-corrected chi connectivity index (χ1v) is 8.12. The van der Waals surface area contributed by atoms with Crippen molar-refractivity contribution in [2.75, 3.05) is 26.1 Å². The number of nitrogens with one attached hydrogen (secondary N) is 1. The number of ether oxygens (including phenoxy) is 2. The Morgan fingerprint density at radius 1 is 1.36 bits per heavy atom. The van der Waals surface area contributed by atoms with Crippen molar-refractivity contribution in [3.05, 3.63) is 23.8 Å². The summed E-state index contributed by atoms with van der Waals surface area (Å²) in [6.45, 7) is 6.94. The van der Waals surface area contributed by atoms with Crippen molar-refractivity contribution in [3.63, 3.8) is 0 Å². The molecule has 5 heteroatoms. The molecule has 1 rings (SSSR count). The SMILES string of the molecule is CCCOc1cc(OC)ccc1CCNC(=O)C(C)(C)CCl. The number of rotatable bonds is 9. The van der Waals surface area contributed by atoms with Gasteiger partial charge in [0.25, 0.3) is 0 Å². The molecule has 4 nitrogen and oxygen atoms in total. The summed E-state index contributed by atoms with van der Waals surface area (Å²) in [6.07, 6.45) is 1.64. The Morgan fingerprint density at radius 2 is 2.09 bits per heavy atom. The van der Waals surface area contributed by atoms with Crippen molar-refractivity contribution >= 4 is 17.5 Å². The molecule has 0 saturated carbocycles. The van der Waals surface area contributed by atoms with Crippen molar-refractivity contribution < 1.29 is 14.3 Å². The quantitative estimate of drug-likeness (QED) is 0.707. The standard InChI is InChI=1S/C17H26ClNO3/c1-5-10-22-15-11-14(21-4)7-6-13(15)8-9-19-16(20)17(2,3)12-18/h6-7,11H,5,8-10,12H2,1-4H3,(H,19,20). The van der Waals surface area contributed by atoms with E-state index in [1.165, 1.54) is 0 Å². The van der Waals surface area contributed by atoms with Crippen LogP contribution in [0.4, 0.5) is 0 Å². The summed E-state index contributed by atoms with van der Waals surface area (Å²) in [5, 5.41) is 2.92. The van der Waals surface area contributed by atoms with Gasteiger partial charge in [-0.05, 0) is 38.3 Å². The number of halogens is 1. The first kappa shape index (κ1) is 18.6. The molecule has 1 amide bonds. The van der Waals surface area contributed by atoms with Crippen LogP contribution in [0.2, 0.25) is 0 Å². The van der Waals surface area contributed by atoms with Gasteiger partial charge in [-0.15, -0.1) is 11.6 Å². The Hall–Kier alpha value is -1.42. The molecule has 0 saturated heterocycles. The van der Waals surface area contributed by atoms with E-state index in [9.17, 15) is 4.79 Å². The Balaban J connectivity index is 2.66. The second-order valence-corrected chi connectivity index (χ2v) is 6.11. The second-order valence-electron chi connectivity index (χ2n) is 5.85. The summed E-state index contributed by atoms with van der Waals surface area (Å²) in [5.41, 5.74) is 0.501. The normalized spacial score (nSPS) is 11.1. The molecular weight excluding hydrogens is 302 g/mol. The third kappa shape index (κ3) is 5.41. The van der Waals surface area contributed by atoms with Crippen LogP contribution in [-0.2, 0) is 11.2 Å². The topological polar surface area (TPSA) is 47.6 Å². The number of hydrogen-bond donors (Lipinski definition) is 1. The van der Waals surface area contributed by atoms with Gasteiger partial charge in [-0.3, -0.25) is 4.79 Å². The fourth-order valence-electron chi connectivity index (χ4n) is 1.83. The first-order valence-electron chi connectivity index (χ1n) is 7.58. The minimum atomic E-state index is -0.553. The van der Waals surface area contributed by atoms with Crippen LogP contribution in [0.1, 0.15) is 32.8 Å². The van der Waals surface area contributed by atoms with Crippen LogP contribution in [0.5, 0.6) is 11.5 Å². The Labute approximate surface area is 138 Å². The van der Waals surface area contributed by atoms with Crippen LogP contribution < -0.4 is 14.8 Å². The lowest BCUT2D eigenvalue weighted by molar-refractivity contribution is -0.128. The van der Waals surface area contributed by atoms with Gasteiger partial charge in [0.2, 0.25) is 5.91 Å². The van der Waals surface area contributed by atoms with Crippen molar-refractivity contribution in [1.29, 1.82) is 0 Å². The van der Waals surface area contributed by atoms with Crippen LogP contribution in [0.3, 0.4) is 0 Å². The number of alkyl halides is 1. The summed E-state index contributed by atoms with van der Waals surface area (Å²) >= 11 is 5.81. The van der Waals surface area contributed by atoms with Gasteiger partial charge in [0.1, 0.15) is 11.5 Å². The molecule has 0 aromatic heterocycles. The zero-order chi connectivity index (χ0) is 16.6. The molecule has 0 unspecified atom stereocenters. The molecule has 22 heavy (non-hydrogen) atoms. The number of hydrogen-bond acceptors (Lipinski definition) is 3. The van der Waals surface area contributed by atoms with E-state index in [1.807, 2.05) is 32.0 Å². The van der Waals surface area contributed by atoms with E-state index in [2.05, 4.69) is 12.2 Å². The zero-order valence-corrected chi connectivity index (χ0v) is 14.6. The smallest absolute Gasteiger partial charge is 0.226 e. The van der Waals surface area contributed by atoms with E-state index in [4.69, 9.17) is 21.1 Å². The van der Waals surface area contributed by atoms with Gasteiger partial charge in [0, 0.05) is 18.5 Å². The van der Waals surface area contributed by atoms with E-state index in [1.54, 1.807) is 7.11 Å². The largest absolute Gasteiger partial charge is 0.497 e. The highest BCUT2D eigenvalue weighted by molar-refractivity contribution is 6.19. The lowest BCUT2D eigenvalue weighted by Gasteiger charge is -2.20. The molecule has 0 fully saturated rings. The van der Waals surface area contributed by atoms with Crippen LogP contribution in [0.25, 0.3) is 0 Å². The average molecular weight is 328 g/mol. The summed E-state index contributed by atoms with van der Waals surface area (Å²) in [6, 6.07) is 5.76. The van der Waals surface area contributed by atoms with Gasteiger partial charge in [-0.1, -0.05) is 13.0 Å². The summed E-state index contributed by atoms with van der Waals surface area (Å²) in [5.74, 6) is 1.84. The lowest BCUT2D eigenvalue weighted by atomic mass is 9.95. The van der Waals surface area contributed by atoms with Crippen LogP contribution >= 0.6 is 11.6 Å². The maximum absolute atomic E-state index is 12.0. The minimum absolute atomic E-state index is 0.0351. The molecule has 0 aliphatic rings. The van der Waals surface area contributed by atoms with Crippen molar-refractivity contribution in [2.45, 2.75) is 33.6 Å². The van der Waals surface area contributed by atoms with Crippen LogP contribution in [-0.4, -0.2) is 32.0 Å². The highest BCUT2D eigenvalue weighted by atomic mass is 35.5. The van der Waals surface area contributed by atoms with Crippen molar-refractivity contribution in [3.8, 4) is 11.5 Å². The fourth-order valence-corrected chi connectivity index (χ4v) is 1.95. The molecule has 0 aliphatic carbocycles. The van der Waals surface area contributed by atoms with Gasteiger partial charge >= 0.3 is 0 Å². The molecule has 0 spiro atoms. The van der Waals surface area contributed by atoms with Gasteiger partial charge < -0.3 is 14.8 Å². The molecule has 124 valence electrons. The van der Waals surface area contributed by atoms with E-state index in [0.717, 1.165) is 23.5 Å². The van der Waals surface area contributed by atoms with Gasteiger partial charge in [-0.2, -0.15) is 0 Å². The maximum Gasteiger partial charge on any atom is 0.226 e. The molecule has 0 heterocycles. The van der Waals surface area contributed by atoms with Gasteiger partial charge in [0.15, 0.2) is 0 Å². The molecule has 0 bridgehead atoms. The van der Waals surface area contributed by atoms with Crippen molar-refractivity contribution in [2.24, 2.45) is 5.41 Å². The number of methoxy groups -OCH3 is 1. The third-order valence-corrected chi connectivity index (χ3v) is 4.03. The highest BCUT2D eigenvalue weighted by Gasteiger charge is 2.25. The second kappa shape index (κ2) is 8.89. The van der Waals surface area contributed by atoms with E-state index in [-0.39, 0.29) is 5.91 Å². The Morgan fingerprint density at radius 3 is 2.68 bits per heavy atom. The third-order valence-electron chi connectivity index (χ3n) is 3.36. The molecular formula is C17H26ClNO3. The highest BCUT2D eigenvalue weighted by Crippen LogP contribution is 2.25. The van der Waals surface area contributed by atoms with Gasteiger partial charge in [0.05, 0.1) is 19.1 Å². The first-order chi connectivity index (χ1) is 10.4. The van der Waals surface area contributed by atoms with Crippen LogP contribution in [0.15, 0.2) is 18.2 Å². The summed E-state index contributed by atoms with van der Waals surface area (Å²) in [4.78, 5) is 12.0. The predicted octanol–water partition coefficient (Wildman–Crippen LogP) is 3.41. The monoisotopic (exact) mass is 327 g/mol. The van der Waals surface area contributed by atoms with E-state index >= 15 is 0 Å². The summed E-state index contributed by atoms with van der Waals surface area (Å²) < 4.78 is 11.0. The molecule has 1 aromatic carbocycles. The number of benzene rings is 1. The van der Waals surface area contributed by atoms with E-state index < -0.39 is 5.41 Å². The molecule has 1 N–H and O–H groups in total. The Bertz CT molecular complexity index is 489. The minimum Gasteiger partial charge on any atom is -0.497 e. The molecule has 1 aromatic rings. The zero-order valence-electron chi connectivity index (χ0n) is 13.9. The molecule has 0 atom stereocenters. The molecule has 0 radical (unpaired) electrons. The summed E-state index contributed by atoms with van der Waals surface area (Å²) in [7, 11) is 1.63. The maximum atomic E-state index is 12.0. The van der Waals surface area contributed by atoms with Crippen molar-refractivity contribution in [1.82, 2.24) is 5.32 Å². The molecule has 0 aliphatic heterocycles. The number of carbonyl (C=O) groups is 1. The number of amides is 1.